The summed E-state index contributed by atoms with van der Waals surface area (Å²) in [6.45, 7) is 0.736. The lowest BCUT2D eigenvalue weighted by atomic mass is 10.4. The highest BCUT2D eigenvalue weighted by Crippen LogP contribution is 2.27. The molecule has 94 valence electrons. The molecular formula is C9H12ClN3O3S. The van der Waals surface area contributed by atoms with Gasteiger partial charge in [-0.1, -0.05) is 0 Å². The molecule has 0 radical (unpaired) electrons. The Balaban J connectivity index is 1.89. The molecule has 1 aromatic rings. The summed E-state index contributed by atoms with van der Waals surface area (Å²) in [6.07, 6.45) is 4.84. The van der Waals surface area contributed by atoms with E-state index in [-0.39, 0.29) is 17.5 Å². The second-order valence-corrected chi connectivity index (χ2v) is 6.58. The van der Waals surface area contributed by atoms with Gasteiger partial charge in [-0.25, -0.2) is 13.4 Å². The van der Waals surface area contributed by atoms with Crippen LogP contribution in [-0.2, 0) is 20.4 Å². The van der Waals surface area contributed by atoms with Crippen molar-refractivity contribution in [2.45, 2.75) is 24.4 Å². The highest BCUT2D eigenvalue weighted by atomic mass is 35.7. The molecule has 1 N–H and O–H groups in total. The van der Waals surface area contributed by atoms with Crippen LogP contribution in [0.25, 0.3) is 0 Å². The van der Waals surface area contributed by atoms with E-state index in [9.17, 15) is 13.2 Å². The Hall–Kier alpha value is -1.08. The Morgan fingerprint density at radius 1 is 1.59 bits per heavy atom. The van der Waals surface area contributed by atoms with Crippen molar-refractivity contribution < 1.29 is 13.2 Å². The summed E-state index contributed by atoms with van der Waals surface area (Å²) < 4.78 is 23.3. The molecular weight excluding hydrogens is 266 g/mol. The zero-order valence-corrected chi connectivity index (χ0v) is 10.5. The van der Waals surface area contributed by atoms with E-state index in [1.165, 1.54) is 29.9 Å². The van der Waals surface area contributed by atoms with Crippen molar-refractivity contribution in [2.75, 3.05) is 6.54 Å². The summed E-state index contributed by atoms with van der Waals surface area (Å²) in [5, 5.41) is 2.53. The molecule has 1 fully saturated rings. The smallest absolute Gasteiger partial charge is 0.280 e. The first-order valence-corrected chi connectivity index (χ1v) is 7.49. The number of rotatable bonds is 5. The van der Waals surface area contributed by atoms with Gasteiger partial charge in [-0.05, 0) is 18.8 Å². The van der Waals surface area contributed by atoms with Gasteiger partial charge in [-0.3, -0.25) is 4.79 Å². The van der Waals surface area contributed by atoms with Gasteiger partial charge in [-0.2, -0.15) is 0 Å². The van der Waals surface area contributed by atoms with Crippen molar-refractivity contribution >= 4 is 25.6 Å². The third-order valence-corrected chi connectivity index (χ3v) is 3.66. The topological polar surface area (TPSA) is 81.1 Å². The second-order valence-electron chi connectivity index (χ2n) is 4.07. The molecule has 1 aliphatic rings. The van der Waals surface area contributed by atoms with Crippen LogP contribution in [0.5, 0.6) is 0 Å². The molecule has 1 saturated carbocycles. The van der Waals surface area contributed by atoms with E-state index >= 15 is 0 Å². The summed E-state index contributed by atoms with van der Waals surface area (Å²) in [5.74, 6) is 0.452. The van der Waals surface area contributed by atoms with E-state index in [0.29, 0.717) is 12.5 Å². The number of nitrogens with one attached hydrogen (secondary N) is 1. The lowest BCUT2D eigenvalue weighted by Crippen LogP contribution is -2.28. The minimum Gasteiger partial charge on any atom is -0.354 e. The van der Waals surface area contributed by atoms with Crippen LogP contribution in [-0.4, -0.2) is 30.4 Å². The Labute approximate surface area is 103 Å². The molecule has 0 unspecified atom stereocenters. The molecule has 17 heavy (non-hydrogen) atoms. The Morgan fingerprint density at radius 2 is 2.29 bits per heavy atom. The average Bonchev–Trinajstić information content (AvgIpc) is 2.93. The van der Waals surface area contributed by atoms with Crippen LogP contribution in [0.2, 0.25) is 0 Å². The fourth-order valence-electron chi connectivity index (χ4n) is 1.35. The Bertz CT molecular complexity index is 521. The van der Waals surface area contributed by atoms with Crippen LogP contribution >= 0.6 is 10.7 Å². The van der Waals surface area contributed by atoms with Crippen molar-refractivity contribution in [3.05, 3.63) is 12.5 Å². The van der Waals surface area contributed by atoms with Gasteiger partial charge in [0.2, 0.25) is 5.91 Å². The molecule has 1 aromatic heterocycles. The minimum absolute atomic E-state index is 0.0477. The molecule has 1 aliphatic carbocycles. The number of amides is 1. The van der Waals surface area contributed by atoms with E-state index in [1.54, 1.807) is 0 Å². The van der Waals surface area contributed by atoms with E-state index in [0.717, 1.165) is 0 Å². The Morgan fingerprint density at radius 3 is 2.82 bits per heavy atom. The van der Waals surface area contributed by atoms with Gasteiger partial charge in [0.05, 0.1) is 6.33 Å². The Kier molecular flexibility index (Phi) is 3.39. The lowest BCUT2D eigenvalue weighted by Gasteiger charge is -2.03. The van der Waals surface area contributed by atoms with Crippen molar-refractivity contribution in [3.63, 3.8) is 0 Å². The zero-order valence-electron chi connectivity index (χ0n) is 8.97. The SMILES string of the molecule is O=C(Cn1cnc(S(=O)(=O)Cl)c1)NCC1CC1. The number of carbonyl (C=O) groups is 1. The van der Waals surface area contributed by atoms with Gasteiger partial charge in [0.15, 0.2) is 5.03 Å². The molecule has 0 atom stereocenters. The van der Waals surface area contributed by atoms with Crippen LogP contribution in [0.15, 0.2) is 17.6 Å². The highest BCUT2D eigenvalue weighted by molar-refractivity contribution is 8.13. The fourth-order valence-corrected chi connectivity index (χ4v) is 2.03. The van der Waals surface area contributed by atoms with Crippen LogP contribution in [0, 0.1) is 5.92 Å². The molecule has 8 heteroatoms. The fraction of sp³-hybridized carbons (Fsp3) is 0.556. The first kappa shape index (κ1) is 12.4. The molecule has 0 spiro atoms. The van der Waals surface area contributed by atoms with Gasteiger partial charge >= 0.3 is 0 Å². The van der Waals surface area contributed by atoms with E-state index in [1.807, 2.05) is 0 Å². The van der Waals surface area contributed by atoms with Crippen LogP contribution in [0.4, 0.5) is 0 Å². The summed E-state index contributed by atoms with van der Waals surface area (Å²) in [4.78, 5) is 15.1. The molecule has 0 aliphatic heterocycles. The van der Waals surface area contributed by atoms with Crippen molar-refractivity contribution in [2.24, 2.45) is 5.92 Å². The third kappa shape index (κ3) is 3.71. The monoisotopic (exact) mass is 277 g/mol. The van der Waals surface area contributed by atoms with Crippen LogP contribution < -0.4 is 5.32 Å². The number of carbonyl (C=O) groups excluding carboxylic acids is 1. The predicted octanol–water partition coefficient (Wildman–Crippen LogP) is 0.337. The maximum Gasteiger partial charge on any atom is 0.280 e. The number of hydrogen-bond donors (Lipinski definition) is 1. The number of halogens is 1. The summed E-state index contributed by atoms with van der Waals surface area (Å²) in [6, 6.07) is 0. The number of hydrogen-bond acceptors (Lipinski definition) is 4. The van der Waals surface area contributed by atoms with Gasteiger partial charge in [0.25, 0.3) is 9.05 Å². The largest absolute Gasteiger partial charge is 0.354 e. The lowest BCUT2D eigenvalue weighted by molar-refractivity contribution is -0.121. The van der Waals surface area contributed by atoms with Crippen molar-refractivity contribution in [1.82, 2.24) is 14.9 Å². The number of imidazole rings is 1. The quantitative estimate of drug-likeness (QED) is 0.787. The maximum atomic E-state index is 11.5. The van der Waals surface area contributed by atoms with E-state index < -0.39 is 9.05 Å². The molecule has 0 bridgehead atoms. The van der Waals surface area contributed by atoms with Gasteiger partial charge in [0, 0.05) is 23.4 Å². The third-order valence-electron chi connectivity index (χ3n) is 2.47. The normalized spacial score (nSPS) is 15.8. The summed E-state index contributed by atoms with van der Waals surface area (Å²) in [5.41, 5.74) is 0. The molecule has 6 nitrogen and oxygen atoms in total. The molecule has 1 amide bonds. The van der Waals surface area contributed by atoms with Crippen molar-refractivity contribution in [1.29, 1.82) is 0 Å². The van der Waals surface area contributed by atoms with Crippen LogP contribution in [0.1, 0.15) is 12.8 Å². The van der Waals surface area contributed by atoms with Gasteiger partial charge < -0.3 is 9.88 Å². The van der Waals surface area contributed by atoms with Crippen LogP contribution in [0.3, 0.4) is 0 Å². The zero-order chi connectivity index (χ0) is 12.5. The van der Waals surface area contributed by atoms with E-state index in [2.05, 4.69) is 10.3 Å². The number of nitrogens with zero attached hydrogens (tertiary/aromatic N) is 2. The first-order valence-electron chi connectivity index (χ1n) is 5.18. The first-order chi connectivity index (χ1) is 7.95. The van der Waals surface area contributed by atoms with Gasteiger partial charge in [-0.15, -0.1) is 0 Å². The maximum absolute atomic E-state index is 11.5. The summed E-state index contributed by atoms with van der Waals surface area (Å²) >= 11 is 0. The predicted molar refractivity (Wildman–Crippen MR) is 61.0 cm³/mol. The standard InChI is InChI=1S/C9H12ClN3O3S/c10-17(15,16)9-5-13(6-12-9)4-8(14)11-3-7-1-2-7/h5-7H,1-4H2,(H,11,14). The molecule has 0 aromatic carbocycles. The van der Waals surface area contributed by atoms with Crippen molar-refractivity contribution in [3.8, 4) is 0 Å². The highest BCUT2D eigenvalue weighted by Gasteiger charge is 2.21. The molecule has 0 saturated heterocycles. The molecule has 1 heterocycles. The van der Waals surface area contributed by atoms with Gasteiger partial charge in [0.1, 0.15) is 6.54 Å². The van der Waals surface area contributed by atoms with E-state index in [4.69, 9.17) is 10.7 Å². The summed E-state index contributed by atoms with van der Waals surface area (Å²) in [7, 11) is 1.29. The minimum atomic E-state index is -3.82. The average molecular weight is 278 g/mol. The second kappa shape index (κ2) is 4.66. The molecule has 2 rings (SSSR count). The number of aromatic nitrogens is 2.